The SMILES string of the molecule is Cc1cc(CCP(=O)(c2ccccc2)c2ccccc2)cc(CCP(=O)(c2ccccc2)c2ccccc2)c1. The summed E-state index contributed by atoms with van der Waals surface area (Å²) in [5.41, 5.74) is 3.52. The highest BCUT2D eigenvalue weighted by atomic mass is 31.2. The third-order valence-corrected chi connectivity index (χ3v) is 13.6. The Balaban J connectivity index is 1.40. The molecule has 39 heavy (non-hydrogen) atoms. The molecule has 0 spiro atoms. The van der Waals surface area contributed by atoms with Gasteiger partial charge in [-0.05, 0) is 30.9 Å². The van der Waals surface area contributed by atoms with E-state index in [1.807, 2.05) is 121 Å². The summed E-state index contributed by atoms with van der Waals surface area (Å²) >= 11 is 0. The van der Waals surface area contributed by atoms with Crippen molar-refractivity contribution in [1.82, 2.24) is 0 Å². The zero-order chi connectivity index (χ0) is 27.1. The number of hydrogen-bond donors (Lipinski definition) is 0. The second kappa shape index (κ2) is 12.2. The fourth-order valence-corrected chi connectivity index (χ4v) is 10.7. The zero-order valence-electron chi connectivity index (χ0n) is 22.3. The van der Waals surface area contributed by atoms with Crippen LogP contribution in [0.2, 0.25) is 0 Å². The summed E-state index contributed by atoms with van der Waals surface area (Å²) in [4.78, 5) is 0. The van der Waals surface area contributed by atoms with Gasteiger partial charge in [-0.2, -0.15) is 0 Å². The minimum Gasteiger partial charge on any atom is -0.314 e. The minimum atomic E-state index is -2.79. The molecule has 0 bridgehead atoms. The lowest BCUT2D eigenvalue weighted by molar-refractivity contribution is 0.586. The van der Waals surface area contributed by atoms with Crippen molar-refractivity contribution in [2.24, 2.45) is 0 Å². The van der Waals surface area contributed by atoms with Gasteiger partial charge in [0.05, 0.1) is 0 Å². The second-order valence-electron chi connectivity index (χ2n) is 10.1. The van der Waals surface area contributed by atoms with E-state index in [0.29, 0.717) is 25.2 Å². The van der Waals surface area contributed by atoms with Crippen LogP contribution in [-0.4, -0.2) is 12.3 Å². The van der Waals surface area contributed by atoms with Gasteiger partial charge in [0.15, 0.2) is 0 Å². The van der Waals surface area contributed by atoms with Gasteiger partial charge in [0.2, 0.25) is 0 Å². The third-order valence-electron chi connectivity index (χ3n) is 7.32. The van der Waals surface area contributed by atoms with Crippen molar-refractivity contribution < 1.29 is 9.13 Å². The molecule has 0 atom stereocenters. The molecule has 0 saturated carbocycles. The Hall–Kier alpha value is -3.44. The molecular weight excluding hydrogens is 514 g/mol. The van der Waals surface area contributed by atoms with E-state index in [1.165, 1.54) is 16.7 Å². The van der Waals surface area contributed by atoms with E-state index in [1.54, 1.807) is 0 Å². The van der Waals surface area contributed by atoms with Crippen molar-refractivity contribution in [2.45, 2.75) is 19.8 Å². The first-order chi connectivity index (χ1) is 19.0. The molecule has 4 heteroatoms. The maximum atomic E-state index is 14.5. The van der Waals surface area contributed by atoms with E-state index in [2.05, 4.69) is 25.1 Å². The van der Waals surface area contributed by atoms with Crippen LogP contribution in [0.25, 0.3) is 0 Å². The van der Waals surface area contributed by atoms with E-state index in [-0.39, 0.29) is 0 Å². The molecule has 0 radical (unpaired) electrons. The molecule has 0 unspecified atom stereocenters. The van der Waals surface area contributed by atoms with E-state index < -0.39 is 14.3 Å². The van der Waals surface area contributed by atoms with Crippen LogP contribution in [0.1, 0.15) is 16.7 Å². The lowest BCUT2D eigenvalue weighted by Gasteiger charge is -2.21. The summed E-state index contributed by atoms with van der Waals surface area (Å²) in [6, 6.07) is 46.1. The summed E-state index contributed by atoms with van der Waals surface area (Å²) in [6.45, 7) is 2.11. The highest BCUT2D eigenvalue weighted by Crippen LogP contribution is 2.45. The highest BCUT2D eigenvalue weighted by Gasteiger charge is 2.28. The molecule has 0 aliphatic carbocycles. The van der Waals surface area contributed by atoms with Crippen molar-refractivity contribution in [1.29, 1.82) is 0 Å². The van der Waals surface area contributed by atoms with Gasteiger partial charge in [0, 0.05) is 33.5 Å². The monoisotopic (exact) mass is 548 g/mol. The molecule has 0 saturated heterocycles. The van der Waals surface area contributed by atoms with Gasteiger partial charge in [-0.15, -0.1) is 0 Å². The van der Waals surface area contributed by atoms with Gasteiger partial charge in [-0.25, -0.2) is 0 Å². The Labute approximate surface area is 232 Å². The van der Waals surface area contributed by atoms with E-state index in [4.69, 9.17) is 0 Å². The predicted molar refractivity (Wildman–Crippen MR) is 168 cm³/mol. The molecule has 0 aliphatic rings. The number of hydrogen-bond acceptors (Lipinski definition) is 2. The quantitative estimate of drug-likeness (QED) is 0.174. The first kappa shape index (κ1) is 27.1. The molecule has 0 fully saturated rings. The molecular formula is C35H34O2P2. The van der Waals surface area contributed by atoms with Crippen molar-refractivity contribution in [2.75, 3.05) is 12.3 Å². The van der Waals surface area contributed by atoms with Crippen molar-refractivity contribution in [3.8, 4) is 0 Å². The molecule has 5 aromatic rings. The van der Waals surface area contributed by atoms with Gasteiger partial charge in [-0.1, -0.05) is 145 Å². The van der Waals surface area contributed by atoms with Crippen LogP contribution in [-0.2, 0) is 22.0 Å². The molecule has 0 aliphatic heterocycles. The maximum absolute atomic E-state index is 14.5. The molecule has 0 N–H and O–H groups in total. The van der Waals surface area contributed by atoms with Gasteiger partial charge >= 0.3 is 0 Å². The molecule has 0 heterocycles. The maximum Gasteiger partial charge on any atom is 0.143 e. The highest BCUT2D eigenvalue weighted by molar-refractivity contribution is 7.79. The Morgan fingerprint density at radius 1 is 0.436 bits per heavy atom. The minimum absolute atomic E-state index is 0.566. The largest absolute Gasteiger partial charge is 0.314 e. The van der Waals surface area contributed by atoms with Gasteiger partial charge < -0.3 is 9.13 Å². The van der Waals surface area contributed by atoms with Crippen LogP contribution in [0.15, 0.2) is 140 Å². The Morgan fingerprint density at radius 2 is 0.718 bits per heavy atom. The number of aryl methyl sites for hydroxylation is 3. The van der Waals surface area contributed by atoms with E-state index in [0.717, 1.165) is 21.2 Å². The van der Waals surface area contributed by atoms with Gasteiger partial charge in [0.1, 0.15) is 14.3 Å². The molecule has 5 rings (SSSR count). The fourth-order valence-electron chi connectivity index (χ4n) is 5.30. The average molecular weight is 549 g/mol. The molecule has 5 aromatic carbocycles. The second-order valence-corrected chi connectivity index (χ2v) is 16.0. The van der Waals surface area contributed by atoms with Crippen molar-refractivity contribution in [3.05, 3.63) is 156 Å². The summed E-state index contributed by atoms with van der Waals surface area (Å²) in [7, 11) is -5.57. The van der Waals surface area contributed by atoms with Crippen LogP contribution < -0.4 is 21.2 Å². The predicted octanol–water partition coefficient (Wildman–Crippen LogP) is 7.11. The number of benzene rings is 5. The number of rotatable bonds is 10. The van der Waals surface area contributed by atoms with E-state index in [9.17, 15) is 9.13 Å². The molecule has 196 valence electrons. The summed E-state index contributed by atoms with van der Waals surface area (Å²) in [6.07, 6.45) is 2.56. The lowest BCUT2D eigenvalue weighted by atomic mass is 10.0. The Morgan fingerprint density at radius 3 is 1.00 bits per heavy atom. The topological polar surface area (TPSA) is 34.1 Å². The Kier molecular flexibility index (Phi) is 8.47. The van der Waals surface area contributed by atoms with Crippen LogP contribution in [0.5, 0.6) is 0 Å². The lowest BCUT2D eigenvalue weighted by Crippen LogP contribution is -2.20. The van der Waals surface area contributed by atoms with Crippen LogP contribution in [0, 0.1) is 6.92 Å². The molecule has 0 amide bonds. The summed E-state index contributed by atoms with van der Waals surface area (Å²) in [5.74, 6) is 0. The first-order valence-electron chi connectivity index (χ1n) is 13.5. The standard InChI is InChI=1S/C35H34O2P2/c1-29-26-30(22-24-38(36,32-14-6-2-7-15-32)33-16-8-3-9-17-33)28-31(27-29)23-25-39(37,34-18-10-4-11-19-34)35-20-12-5-13-21-35/h2-21,26-28H,22-25H2,1H3. The van der Waals surface area contributed by atoms with Crippen molar-refractivity contribution in [3.63, 3.8) is 0 Å². The Bertz CT molecular complexity index is 1390. The van der Waals surface area contributed by atoms with Crippen molar-refractivity contribution >= 4 is 35.5 Å². The smallest absolute Gasteiger partial charge is 0.143 e. The van der Waals surface area contributed by atoms with E-state index >= 15 is 0 Å². The average Bonchev–Trinajstić information content (AvgIpc) is 3.00. The molecule has 2 nitrogen and oxygen atoms in total. The van der Waals surface area contributed by atoms with Crippen LogP contribution in [0.4, 0.5) is 0 Å². The van der Waals surface area contributed by atoms with Crippen LogP contribution >= 0.6 is 14.3 Å². The summed E-state index contributed by atoms with van der Waals surface area (Å²) < 4.78 is 29.0. The van der Waals surface area contributed by atoms with Gasteiger partial charge in [-0.3, -0.25) is 0 Å². The van der Waals surface area contributed by atoms with Gasteiger partial charge in [0.25, 0.3) is 0 Å². The third kappa shape index (κ3) is 6.25. The zero-order valence-corrected chi connectivity index (χ0v) is 24.1. The fraction of sp³-hybridized carbons (Fsp3) is 0.143. The molecule has 0 aromatic heterocycles. The summed E-state index contributed by atoms with van der Waals surface area (Å²) in [5, 5.41) is 3.60. The first-order valence-corrected chi connectivity index (χ1v) is 17.3. The van der Waals surface area contributed by atoms with Crippen LogP contribution in [0.3, 0.4) is 0 Å². The normalized spacial score (nSPS) is 11.8.